The van der Waals surface area contributed by atoms with Crippen LogP contribution in [0.25, 0.3) is 0 Å². The van der Waals surface area contributed by atoms with Crippen LogP contribution in [0.5, 0.6) is 5.75 Å². The lowest BCUT2D eigenvalue weighted by atomic mass is 9.77. The van der Waals surface area contributed by atoms with Gasteiger partial charge in [0.25, 0.3) is 0 Å². The minimum absolute atomic E-state index is 0.179. The molecular weight excluding hydrogens is 449 g/mol. The van der Waals surface area contributed by atoms with Crippen molar-refractivity contribution in [3.05, 3.63) is 100 Å². The van der Waals surface area contributed by atoms with E-state index < -0.39 is 29.2 Å². The zero-order valence-corrected chi connectivity index (χ0v) is 19.6. The summed E-state index contributed by atoms with van der Waals surface area (Å²) >= 11 is 0. The maximum atomic E-state index is 13.3. The van der Waals surface area contributed by atoms with Crippen LogP contribution in [0.2, 0.25) is 0 Å². The van der Waals surface area contributed by atoms with Crippen LogP contribution in [0, 0.1) is 35.2 Å². The molecule has 3 aromatic carbocycles. The zero-order valence-electron chi connectivity index (χ0n) is 19.6. The number of benzene rings is 3. The molecule has 3 aromatic rings. The zero-order chi connectivity index (χ0) is 24.8. The van der Waals surface area contributed by atoms with Crippen LogP contribution in [0.15, 0.2) is 60.7 Å². The quantitative estimate of drug-likeness (QED) is 0.163. The summed E-state index contributed by atoms with van der Waals surface area (Å²) in [4.78, 5) is 12.2. The third-order valence-corrected chi connectivity index (χ3v) is 6.57. The van der Waals surface area contributed by atoms with Crippen molar-refractivity contribution >= 4 is 5.97 Å². The van der Waals surface area contributed by atoms with Gasteiger partial charge in [-0.05, 0) is 79.5 Å². The lowest BCUT2D eigenvalue weighted by molar-refractivity contribution is 0.0733. The number of hydrogen-bond donors (Lipinski definition) is 0. The number of carbonyl (C=O) groups excluding carboxylic acids is 1. The van der Waals surface area contributed by atoms with Gasteiger partial charge in [0.2, 0.25) is 0 Å². The lowest BCUT2D eigenvalue weighted by Gasteiger charge is -2.28. The Bertz CT molecular complexity index is 1210. The molecule has 4 rings (SSSR count). The summed E-state index contributed by atoms with van der Waals surface area (Å²) in [5.74, 6) is 2.06. The Morgan fingerprint density at radius 2 is 1.40 bits per heavy atom. The Morgan fingerprint density at radius 3 is 1.94 bits per heavy atom. The fourth-order valence-corrected chi connectivity index (χ4v) is 4.62. The van der Waals surface area contributed by atoms with Crippen molar-refractivity contribution in [1.29, 1.82) is 0 Å². The molecule has 5 heteroatoms. The summed E-state index contributed by atoms with van der Waals surface area (Å²) in [5, 5.41) is 0. The second kappa shape index (κ2) is 11.3. The highest BCUT2D eigenvalue weighted by atomic mass is 19.2. The van der Waals surface area contributed by atoms with Crippen molar-refractivity contribution < 1.29 is 22.7 Å². The molecule has 0 aromatic heterocycles. The molecule has 1 saturated carbocycles. The summed E-state index contributed by atoms with van der Waals surface area (Å²) in [6, 6.07) is 16.1. The van der Waals surface area contributed by atoms with Crippen LogP contribution < -0.4 is 4.74 Å². The van der Waals surface area contributed by atoms with Gasteiger partial charge >= 0.3 is 5.97 Å². The largest absolute Gasteiger partial charge is 0.423 e. The van der Waals surface area contributed by atoms with E-state index >= 15 is 0 Å². The van der Waals surface area contributed by atoms with Crippen LogP contribution in [0.3, 0.4) is 0 Å². The van der Waals surface area contributed by atoms with Crippen molar-refractivity contribution in [2.45, 2.75) is 51.4 Å². The fourth-order valence-electron chi connectivity index (χ4n) is 4.62. The number of rotatable bonds is 5. The number of hydrogen-bond acceptors (Lipinski definition) is 2. The first kappa shape index (κ1) is 24.6. The monoisotopic (exact) mass is 476 g/mol. The SMILES string of the molecule is CCCC1CCC(c2ccc(C#Cc3ccc(C(=O)Oc4cc(F)c(F)c(F)c4)cc3)cc2)CC1. The summed E-state index contributed by atoms with van der Waals surface area (Å²) in [5.41, 5.74) is 3.18. The molecule has 0 amide bonds. The van der Waals surface area contributed by atoms with Crippen LogP contribution >= 0.6 is 0 Å². The predicted octanol–water partition coefficient (Wildman–Crippen LogP) is 7.80. The van der Waals surface area contributed by atoms with Crippen LogP contribution in [0.1, 0.15) is 78.4 Å². The number of carbonyl (C=O) groups is 1. The highest BCUT2D eigenvalue weighted by Crippen LogP contribution is 2.37. The van der Waals surface area contributed by atoms with E-state index in [9.17, 15) is 18.0 Å². The summed E-state index contributed by atoms with van der Waals surface area (Å²) < 4.78 is 44.6. The molecule has 0 atom stereocenters. The maximum Gasteiger partial charge on any atom is 0.343 e. The number of halogens is 3. The van der Waals surface area contributed by atoms with E-state index in [0.717, 1.165) is 11.5 Å². The molecule has 0 radical (unpaired) electrons. The third-order valence-electron chi connectivity index (χ3n) is 6.57. The van der Waals surface area contributed by atoms with Crippen molar-refractivity contribution in [3.8, 4) is 17.6 Å². The first-order chi connectivity index (χ1) is 16.9. The lowest BCUT2D eigenvalue weighted by Crippen LogP contribution is -2.13. The van der Waals surface area contributed by atoms with Gasteiger partial charge < -0.3 is 4.74 Å². The molecule has 1 aliphatic carbocycles. The summed E-state index contributed by atoms with van der Waals surface area (Å²) in [6.45, 7) is 2.26. The Labute approximate surface area is 204 Å². The van der Waals surface area contributed by atoms with Gasteiger partial charge in [0.05, 0.1) is 5.56 Å². The minimum atomic E-state index is -1.61. The number of esters is 1. The molecule has 35 heavy (non-hydrogen) atoms. The normalized spacial score (nSPS) is 17.4. The van der Waals surface area contributed by atoms with Crippen molar-refractivity contribution in [1.82, 2.24) is 0 Å². The predicted molar refractivity (Wildman–Crippen MR) is 130 cm³/mol. The van der Waals surface area contributed by atoms with E-state index in [0.29, 0.717) is 23.6 Å². The van der Waals surface area contributed by atoms with Crippen LogP contribution in [0.4, 0.5) is 13.2 Å². The molecule has 0 N–H and O–H groups in total. The molecule has 0 spiro atoms. The standard InChI is InChI=1S/C30H27F3O2/c1-2-3-20-6-12-23(13-7-20)24-14-8-21(9-15-24)4-5-22-10-16-25(17-11-22)30(34)35-26-18-27(31)29(33)28(32)19-26/h8-11,14-20,23H,2-3,6-7,12-13H2,1H3. The van der Waals surface area contributed by atoms with E-state index in [1.807, 2.05) is 12.1 Å². The van der Waals surface area contributed by atoms with Crippen LogP contribution in [-0.4, -0.2) is 5.97 Å². The first-order valence-electron chi connectivity index (χ1n) is 12.0. The highest BCUT2D eigenvalue weighted by molar-refractivity contribution is 5.91. The van der Waals surface area contributed by atoms with Crippen molar-refractivity contribution in [3.63, 3.8) is 0 Å². The average molecular weight is 477 g/mol. The van der Waals surface area contributed by atoms with Crippen LogP contribution in [-0.2, 0) is 0 Å². The van der Waals surface area contributed by atoms with Gasteiger partial charge in [-0.25, -0.2) is 18.0 Å². The van der Waals surface area contributed by atoms with E-state index in [-0.39, 0.29) is 5.56 Å². The molecule has 0 unspecified atom stereocenters. The fraction of sp³-hybridized carbons (Fsp3) is 0.300. The highest BCUT2D eigenvalue weighted by Gasteiger charge is 2.21. The minimum Gasteiger partial charge on any atom is -0.423 e. The topological polar surface area (TPSA) is 26.3 Å². The van der Waals surface area contributed by atoms with Gasteiger partial charge in [0.15, 0.2) is 17.5 Å². The first-order valence-corrected chi connectivity index (χ1v) is 12.0. The van der Waals surface area contributed by atoms with Gasteiger partial charge in [-0.1, -0.05) is 43.7 Å². The Hall–Kier alpha value is -3.52. The van der Waals surface area contributed by atoms with E-state index in [4.69, 9.17) is 4.74 Å². The van der Waals surface area contributed by atoms with Gasteiger partial charge in [0, 0.05) is 23.3 Å². The molecule has 0 aliphatic heterocycles. The molecule has 180 valence electrons. The van der Waals surface area contributed by atoms with Gasteiger partial charge in [-0.2, -0.15) is 0 Å². The summed E-state index contributed by atoms with van der Waals surface area (Å²) in [7, 11) is 0. The van der Waals surface area contributed by atoms with E-state index in [1.165, 1.54) is 56.2 Å². The molecule has 1 fully saturated rings. The smallest absolute Gasteiger partial charge is 0.343 e. The molecule has 0 bridgehead atoms. The number of ether oxygens (including phenoxy) is 1. The Balaban J connectivity index is 1.35. The Morgan fingerprint density at radius 1 is 0.857 bits per heavy atom. The van der Waals surface area contributed by atoms with Crippen molar-refractivity contribution in [2.75, 3.05) is 0 Å². The third kappa shape index (κ3) is 6.33. The Kier molecular flexibility index (Phi) is 7.92. The molecule has 2 nitrogen and oxygen atoms in total. The second-order valence-corrected chi connectivity index (χ2v) is 9.05. The van der Waals surface area contributed by atoms with Gasteiger partial charge in [-0.15, -0.1) is 0 Å². The van der Waals surface area contributed by atoms with E-state index in [1.54, 1.807) is 12.1 Å². The second-order valence-electron chi connectivity index (χ2n) is 9.05. The van der Waals surface area contributed by atoms with Gasteiger partial charge in [-0.3, -0.25) is 0 Å². The molecule has 0 heterocycles. The summed E-state index contributed by atoms with van der Waals surface area (Å²) in [6.07, 6.45) is 7.78. The molecule has 1 aliphatic rings. The van der Waals surface area contributed by atoms with E-state index in [2.05, 4.69) is 30.9 Å². The van der Waals surface area contributed by atoms with Gasteiger partial charge in [0.1, 0.15) is 5.75 Å². The van der Waals surface area contributed by atoms with Crippen molar-refractivity contribution in [2.24, 2.45) is 5.92 Å². The average Bonchev–Trinajstić information content (AvgIpc) is 2.87. The molecule has 0 saturated heterocycles. The molecular formula is C30H27F3O2. The maximum absolute atomic E-state index is 13.3.